The summed E-state index contributed by atoms with van der Waals surface area (Å²) in [7, 11) is 1.95. The second-order valence-corrected chi connectivity index (χ2v) is 6.71. The lowest BCUT2D eigenvalue weighted by Crippen LogP contribution is -2.61. The van der Waals surface area contributed by atoms with E-state index in [4.69, 9.17) is 9.90 Å². The van der Waals surface area contributed by atoms with Gasteiger partial charge in [0, 0.05) is 32.9 Å². The molecule has 0 bridgehead atoms. The van der Waals surface area contributed by atoms with E-state index in [1.54, 1.807) is 6.33 Å². The van der Waals surface area contributed by atoms with Crippen LogP contribution in [0.1, 0.15) is 19.3 Å². The second kappa shape index (κ2) is 7.28. The summed E-state index contributed by atoms with van der Waals surface area (Å²) < 4.78 is 1.96. The third-order valence-corrected chi connectivity index (χ3v) is 5.26. The highest BCUT2D eigenvalue weighted by atomic mass is 16.3. The van der Waals surface area contributed by atoms with Gasteiger partial charge in [0.25, 0.3) is 6.47 Å². The van der Waals surface area contributed by atoms with Gasteiger partial charge in [0.15, 0.2) is 0 Å². The van der Waals surface area contributed by atoms with Gasteiger partial charge >= 0.3 is 0 Å². The maximum Gasteiger partial charge on any atom is 0.290 e. The summed E-state index contributed by atoms with van der Waals surface area (Å²) in [6, 6.07) is 2.00. The number of aliphatic hydroxyl groups excluding tert-OH is 1. The lowest BCUT2D eigenvalue weighted by molar-refractivity contribution is -0.142. The molecule has 2 aliphatic heterocycles. The fourth-order valence-electron chi connectivity index (χ4n) is 3.94. The van der Waals surface area contributed by atoms with Crippen molar-refractivity contribution >= 4 is 29.2 Å². The number of aliphatic hydroxyl groups is 1. The first-order valence-electron chi connectivity index (χ1n) is 8.58. The Morgan fingerprint density at radius 3 is 2.92 bits per heavy atom. The van der Waals surface area contributed by atoms with Crippen LogP contribution in [0.25, 0.3) is 11.0 Å². The van der Waals surface area contributed by atoms with Crippen LogP contribution in [0.15, 0.2) is 18.6 Å². The number of aromatic nitrogens is 3. The highest BCUT2D eigenvalue weighted by Gasteiger charge is 2.50. The molecule has 4 rings (SSSR count). The number of fused-ring (bicyclic) bond motifs is 1. The number of hydrogen-bond donors (Lipinski definition) is 3. The monoisotopic (exact) mass is 361 g/mol. The van der Waals surface area contributed by atoms with Crippen molar-refractivity contribution in [2.45, 2.75) is 25.4 Å². The summed E-state index contributed by atoms with van der Waals surface area (Å²) in [6.07, 6.45) is 5.14. The minimum Gasteiger partial charge on any atom is -0.483 e. The highest BCUT2D eigenvalue weighted by molar-refractivity contribution is 5.89. The standard InChI is InChI=1S/C16H21N5O2.CH2O2/c1-20-7-3-11-13(20)18-10-19-14(11)21-8-4-12(22)16(9-21)5-2-6-17-15(16)23;2-1-3/h3,7,10,12,22H,2,4-6,8-9H2,1H3,(H,17,23);1H,(H,2,3)/t12-,16+;/m0./s1. The van der Waals surface area contributed by atoms with Gasteiger partial charge in [-0.25, -0.2) is 9.97 Å². The summed E-state index contributed by atoms with van der Waals surface area (Å²) in [5, 5.41) is 21.3. The molecule has 0 saturated carbocycles. The minimum atomic E-state index is -0.720. The van der Waals surface area contributed by atoms with Crippen LogP contribution in [0.3, 0.4) is 0 Å². The predicted octanol–water partition coefficient (Wildman–Crippen LogP) is 0.137. The van der Waals surface area contributed by atoms with E-state index in [1.165, 1.54) is 0 Å². The van der Waals surface area contributed by atoms with E-state index in [0.717, 1.165) is 29.7 Å². The summed E-state index contributed by atoms with van der Waals surface area (Å²) >= 11 is 0. The number of carboxylic acid groups (broad SMARTS) is 1. The van der Waals surface area contributed by atoms with Crippen molar-refractivity contribution in [2.24, 2.45) is 12.5 Å². The van der Waals surface area contributed by atoms with E-state index >= 15 is 0 Å². The maximum atomic E-state index is 12.5. The number of rotatable bonds is 1. The van der Waals surface area contributed by atoms with E-state index < -0.39 is 11.5 Å². The lowest BCUT2D eigenvalue weighted by atomic mass is 9.71. The third kappa shape index (κ3) is 2.98. The molecule has 1 spiro atoms. The first kappa shape index (κ1) is 18.1. The molecule has 2 aromatic heterocycles. The van der Waals surface area contributed by atoms with E-state index in [9.17, 15) is 9.90 Å². The molecule has 0 aromatic carbocycles. The quantitative estimate of drug-likeness (QED) is 0.618. The van der Waals surface area contributed by atoms with Gasteiger partial charge in [0.05, 0.1) is 16.9 Å². The fraction of sp³-hybridized carbons (Fsp3) is 0.529. The highest BCUT2D eigenvalue weighted by Crippen LogP contribution is 2.39. The fourth-order valence-corrected chi connectivity index (χ4v) is 3.94. The van der Waals surface area contributed by atoms with E-state index in [-0.39, 0.29) is 12.4 Å². The van der Waals surface area contributed by atoms with Crippen molar-refractivity contribution in [3.63, 3.8) is 0 Å². The van der Waals surface area contributed by atoms with Crippen molar-refractivity contribution in [1.29, 1.82) is 0 Å². The van der Waals surface area contributed by atoms with Crippen molar-refractivity contribution in [2.75, 3.05) is 24.5 Å². The Balaban J connectivity index is 0.000000613. The molecule has 9 nitrogen and oxygen atoms in total. The van der Waals surface area contributed by atoms with Gasteiger partial charge in [-0.3, -0.25) is 9.59 Å². The first-order valence-corrected chi connectivity index (χ1v) is 8.58. The van der Waals surface area contributed by atoms with Gasteiger partial charge in [-0.15, -0.1) is 0 Å². The molecule has 0 aliphatic carbocycles. The summed E-state index contributed by atoms with van der Waals surface area (Å²) in [5.41, 5.74) is 0.158. The number of hydrogen-bond acceptors (Lipinski definition) is 6. The number of nitrogens with one attached hydrogen (secondary N) is 1. The zero-order valence-corrected chi connectivity index (χ0v) is 14.6. The Labute approximate surface area is 150 Å². The number of amides is 1. The molecule has 4 heterocycles. The van der Waals surface area contributed by atoms with Crippen molar-refractivity contribution in [3.8, 4) is 0 Å². The molecular weight excluding hydrogens is 338 g/mol. The molecule has 2 aliphatic rings. The first-order chi connectivity index (χ1) is 12.5. The Morgan fingerprint density at radius 1 is 1.42 bits per heavy atom. The molecule has 0 unspecified atom stereocenters. The molecule has 2 saturated heterocycles. The average molecular weight is 361 g/mol. The number of carbonyl (C=O) groups is 2. The Morgan fingerprint density at radius 2 is 2.19 bits per heavy atom. The molecule has 2 atom stereocenters. The predicted molar refractivity (Wildman–Crippen MR) is 94.7 cm³/mol. The largest absolute Gasteiger partial charge is 0.483 e. The Kier molecular flexibility index (Phi) is 5.08. The molecule has 140 valence electrons. The third-order valence-electron chi connectivity index (χ3n) is 5.26. The van der Waals surface area contributed by atoms with Crippen molar-refractivity contribution in [1.82, 2.24) is 19.9 Å². The normalized spacial score (nSPS) is 25.5. The number of aryl methyl sites for hydroxylation is 1. The molecule has 2 fully saturated rings. The molecule has 26 heavy (non-hydrogen) atoms. The average Bonchev–Trinajstić information content (AvgIpc) is 3.02. The van der Waals surface area contributed by atoms with Gasteiger partial charge < -0.3 is 25.0 Å². The topological polar surface area (TPSA) is 121 Å². The van der Waals surface area contributed by atoms with Crippen LogP contribution in [-0.2, 0) is 16.6 Å². The SMILES string of the molecule is Cn1ccc2c(N3CC[C@H](O)[C@@]4(CCCNC4=O)C3)ncnc21.O=CO. The van der Waals surface area contributed by atoms with E-state index in [0.29, 0.717) is 26.1 Å². The Hall–Kier alpha value is -2.68. The van der Waals surface area contributed by atoms with Crippen LogP contribution in [0, 0.1) is 5.41 Å². The number of carbonyl (C=O) groups excluding carboxylic acids is 1. The van der Waals surface area contributed by atoms with Crippen LogP contribution < -0.4 is 10.2 Å². The molecular formula is C17H23N5O4. The lowest BCUT2D eigenvalue weighted by Gasteiger charge is -2.47. The van der Waals surface area contributed by atoms with Gasteiger partial charge in [0.1, 0.15) is 17.8 Å². The summed E-state index contributed by atoms with van der Waals surface area (Å²) in [5.74, 6) is 0.819. The molecule has 3 N–H and O–H groups in total. The Bertz CT molecular complexity index is 808. The van der Waals surface area contributed by atoms with Gasteiger partial charge in [-0.2, -0.15) is 0 Å². The van der Waals surface area contributed by atoms with Crippen LogP contribution in [0.2, 0.25) is 0 Å². The van der Waals surface area contributed by atoms with Gasteiger partial charge in [-0.1, -0.05) is 0 Å². The van der Waals surface area contributed by atoms with Gasteiger partial charge in [-0.05, 0) is 25.3 Å². The molecule has 0 radical (unpaired) electrons. The number of nitrogens with zero attached hydrogens (tertiary/aromatic N) is 4. The van der Waals surface area contributed by atoms with E-state index in [2.05, 4.69) is 20.2 Å². The smallest absolute Gasteiger partial charge is 0.290 e. The molecule has 2 aromatic rings. The van der Waals surface area contributed by atoms with Crippen molar-refractivity contribution in [3.05, 3.63) is 18.6 Å². The van der Waals surface area contributed by atoms with Crippen LogP contribution in [0.5, 0.6) is 0 Å². The summed E-state index contributed by atoms with van der Waals surface area (Å²) in [4.78, 5) is 31.8. The zero-order chi connectivity index (χ0) is 18.7. The number of anilines is 1. The summed E-state index contributed by atoms with van der Waals surface area (Å²) in [6.45, 7) is 1.64. The minimum absolute atomic E-state index is 0.0284. The van der Waals surface area contributed by atoms with Crippen LogP contribution in [-0.4, -0.2) is 62.9 Å². The molecule has 9 heteroatoms. The molecule has 1 amide bonds. The van der Waals surface area contributed by atoms with Crippen molar-refractivity contribution < 1.29 is 19.8 Å². The van der Waals surface area contributed by atoms with Crippen LogP contribution >= 0.6 is 0 Å². The number of piperidine rings is 2. The maximum absolute atomic E-state index is 12.5. The van der Waals surface area contributed by atoms with Gasteiger partial charge in [0.2, 0.25) is 5.91 Å². The van der Waals surface area contributed by atoms with Crippen LogP contribution in [0.4, 0.5) is 5.82 Å². The van der Waals surface area contributed by atoms with E-state index in [1.807, 2.05) is 23.9 Å². The zero-order valence-electron chi connectivity index (χ0n) is 14.6. The second-order valence-electron chi connectivity index (χ2n) is 6.71.